The molecule has 0 saturated heterocycles. The van der Waals surface area contributed by atoms with Gasteiger partial charge in [0, 0.05) is 18.2 Å². The number of anilines is 1. The molecule has 186 valence electrons. The van der Waals surface area contributed by atoms with Gasteiger partial charge in [0.2, 0.25) is 5.82 Å². The summed E-state index contributed by atoms with van der Waals surface area (Å²) in [6.45, 7) is 2.13. The second-order valence-electron chi connectivity index (χ2n) is 8.84. The molecule has 5 rings (SSSR count). The molecule has 0 bridgehead atoms. The Bertz CT molecular complexity index is 1450. The minimum atomic E-state index is -4.44. The number of alkyl halides is 3. The van der Waals surface area contributed by atoms with Crippen molar-refractivity contribution in [3.63, 3.8) is 0 Å². The summed E-state index contributed by atoms with van der Waals surface area (Å²) >= 11 is 6.46. The minimum absolute atomic E-state index is 0.0305. The number of halogens is 4. The first-order valence-electron chi connectivity index (χ1n) is 11.3. The first kappa shape index (κ1) is 24.1. The number of nitrogens with zero attached hydrogens (tertiary/aromatic N) is 4. The third kappa shape index (κ3) is 4.73. The van der Waals surface area contributed by atoms with Gasteiger partial charge in [-0.1, -0.05) is 35.9 Å². The van der Waals surface area contributed by atoms with Gasteiger partial charge in [-0.05, 0) is 55.5 Å². The van der Waals surface area contributed by atoms with Crippen molar-refractivity contribution < 1.29 is 23.1 Å². The highest BCUT2D eigenvalue weighted by Crippen LogP contribution is 2.37. The molecule has 0 aliphatic heterocycles. The van der Waals surface area contributed by atoms with Gasteiger partial charge < -0.3 is 15.0 Å². The van der Waals surface area contributed by atoms with Crippen molar-refractivity contribution in [3.8, 4) is 11.4 Å². The molecule has 0 radical (unpaired) electrons. The molecule has 1 aliphatic carbocycles. The second-order valence-corrected chi connectivity index (χ2v) is 9.25. The van der Waals surface area contributed by atoms with Gasteiger partial charge in [0.25, 0.3) is 0 Å². The maximum Gasteiger partial charge on any atom is 0.416 e. The Kier molecular flexibility index (Phi) is 6.07. The topological polar surface area (TPSA) is 92.9 Å². The molecule has 1 aliphatic rings. The van der Waals surface area contributed by atoms with Crippen molar-refractivity contribution in [3.05, 3.63) is 70.5 Å². The molecule has 7 nitrogen and oxygen atoms in total. The number of fused-ring (bicyclic) bond motifs is 1. The van der Waals surface area contributed by atoms with E-state index >= 15 is 0 Å². The number of rotatable bonds is 7. The normalized spacial score (nSPS) is 14.7. The fourth-order valence-electron chi connectivity index (χ4n) is 4.15. The standard InChI is InChI=1S/C25H21ClF3N5O2/c1-13(15-8-9-15)30-20-19-21(32-22(31-20)24(35)36)33-23(17-4-2-3-5-18(17)26)34(19)12-14-6-10-16(11-7-14)25(27,28)29/h2-7,10-11,13,15H,8-9,12H2,1H3,(H,35,36)(H,30,31,32). The number of aromatic nitrogens is 4. The summed E-state index contributed by atoms with van der Waals surface area (Å²) in [4.78, 5) is 24.8. The van der Waals surface area contributed by atoms with Crippen LogP contribution in [-0.2, 0) is 12.7 Å². The quantitative estimate of drug-likeness (QED) is 0.308. The zero-order valence-electron chi connectivity index (χ0n) is 19.1. The molecule has 1 saturated carbocycles. The first-order valence-corrected chi connectivity index (χ1v) is 11.7. The van der Waals surface area contributed by atoms with Crippen LogP contribution in [0.4, 0.5) is 19.0 Å². The molecular weight excluding hydrogens is 495 g/mol. The summed E-state index contributed by atoms with van der Waals surface area (Å²) in [7, 11) is 0. The van der Waals surface area contributed by atoms with Crippen LogP contribution in [0.15, 0.2) is 48.5 Å². The van der Waals surface area contributed by atoms with Crippen LogP contribution in [0.5, 0.6) is 0 Å². The Morgan fingerprint density at radius 2 is 1.83 bits per heavy atom. The van der Waals surface area contributed by atoms with Crippen molar-refractivity contribution in [2.45, 2.75) is 38.5 Å². The van der Waals surface area contributed by atoms with Crippen LogP contribution < -0.4 is 5.32 Å². The van der Waals surface area contributed by atoms with Crippen LogP contribution in [0.2, 0.25) is 5.02 Å². The van der Waals surface area contributed by atoms with Gasteiger partial charge in [-0.25, -0.2) is 19.7 Å². The van der Waals surface area contributed by atoms with Gasteiger partial charge in [0.1, 0.15) is 11.3 Å². The Morgan fingerprint density at radius 3 is 2.44 bits per heavy atom. The van der Waals surface area contributed by atoms with Gasteiger partial charge in [-0.2, -0.15) is 13.2 Å². The van der Waals surface area contributed by atoms with Crippen molar-refractivity contribution in [2.75, 3.05) is 5.32 Å². The third-order valence-corrected chi connectivity index (χ3v) is 6.55. The Balaban J connectivity index is 1.70. The molecule has 0 spiro atoms. The average Bonchev–Trinajstić information content (AvgIpc) is 3.62. The predicted octanol–water partition coefficient (Wildman–Crippen LogP) is 6.12. The predicted molar refractivity (Wildman–Crippen MR) is 129 cm³/mol. The molecule has 2 aromatic heterocycles. The number of carboxylic acid groups (broad SMARTS) is 1. The highest BCUT2D eigenvalue weighted by Gasteiger charge is 2.31. The van der Waals surface area contributed by atoms with Crippen LogP contribution in [0.25, 0.3) is 22.6 Å². The van der Waals surface area contributed by atoms with E-state index in [1.165, 1.54) is 12.1 Å². The number of nitrogens with one attached hydrogen (secondary N) is 1. The lowest BCUT2D eigenvalue weighted by Gasteiger charge is -2.17. The number of hydrogen-bond acceptors (Lipinski definition) is 5. The van der Waals surface area contributed by atoms with Crippen LogP contribution in [0.1, 0.15) is 41.5 Å². The Hall–Kier alpha value is -3.66. The summed E-state index contributed by atoms with van der Waals surface area (Å²) in [5.74, 6) is -0.560. The van der Waals surface area contributed by atoms with E-state index in [-0.39, 0.29) is 18.2 Å². The zero-order chi connectivity index (χ0) is 25.6. The van der Waals surface area contributed by atoms with Crippen molar-refractivity contribution >= 4 is 34.6 Å². The number of hydrogen-bond donors (Lipinski definition) is 2. The van der Waals surface area contributed by atoms with Crippen molar-refractivity contribution in [1.29, 1.82) is 0 Å². The number of benzene rings is 2. The number of carbonyl (C=O) groups is 1. The van der Waals surface area contributed by atoms with Gasteiger partial charge in [0.15, 0.2) is 11.5 Å². The van der Waals surface area contributed by atoms with E-state index < -0.39 is 23.5 Å². The smallest absolute Gasteiger partial charge is 0.416 e. The van der Waals surface area contributed by atoms with Crippen LogP contribution in [-0.4, -0.2) is 36.6 Å². The van der Waals surface area contributed by atoms with E-state index in [1.807, 2.05) is 6.92 Å². The molecule has 0 amide bonds. The Morgan fingerprint density at radius 1 is 1.14 bits per heavy atom. The SMILES string of the molecule is CC(Nc1nc(C(=O)O)nc2nc(-c3ccccc3Cl)n(Cc3ccc(C(F)(F)F)cc3)c12)C1CC1. The maximum atomic E-state index is 13.1. The van der Waals surface area contributed by atoms with Crippen LogP contribution >= 0.6 is 11.6 Å². The fourth-order valence-corrected chi connectivity index (χ4v) is 4.37. The van der Waals surface area contributed by atoms with Crippen LogP contribution in [0.3, 0.4) is 0 Å². The molecule has 1 unspecified atom stereocenters. The fraction of sp³-hybridized carbons (Fsp3) is 0.280. The number of carboxylic acids is 1. The lowest BCUT2D eigenvalue weighted by atomic mass is 10.1. The van der Waals surface area contributed by atoms with Crippen molar-refractivity contribution in [2.24, 2.45) is 5.92 Å². The molecular formula is C25H21ClF3N5O2. The summed E-state index contributed by atoms with van der Waals surface area (Å²) in [5.41, 5.74) is 1.00. The molecule has 1 fully saturated rings. The molecule has 11 heteroatoms. The van der Waals surface area contributed by atoms with E-state index in [1.54, 1.807) is 28.8 Å². The molecule has 4 aromatic rings. The van der Waals surface area contributed by atoms with E-state index in [9.17, 15) is 23.1 Å². The lowest BCUT2D eigenvalue weighted by molar-refractivity contribution is -0.137. The summed E-state index contributed by atoms with van der Waals surface area (Å²) in [6.07, 6.45) is -2.33. The molecule has 1 atom stereocenters. The second kappa shape index (κ2) is 9.09. The number of aromatic carboxylic acids is 1. The van der Waals surface area contributed by atoms with E-state index in [4.69, 9.17) is 11.6 Å². The molecule has 2 heterocycles. The lowest BCUT2D eigenvalue weighted by Crippen LogP contribution is -2.20. The first-order chi connectivity index (χ1) is 17.1. The maximum absolute atomic E-state index is 13.1. The summed E-state index contributed by atoms with van der Waals surface area (Å²) < 4.78 is 41.0. The van der Waals surface area contributed by atoms with E-state index in [0.29, 0.717) is 39.2 Å². The van der Waals surface area contributed by atoms with Crippen LogP contribution in [0, 0.1) is 5.92 Å². The molecule has 2 N–H and O–H groups in total. The minimum Gasteiger partial charge on any atom is -0.475 e. The highest BCUT2D eigenvalue weighted by molar-refractivity contribution is 6.33. The van der Waals surface area contributed by atoms with Gasteiger partial charge >= 0.3 is 12.1 Å². The largest absolute Gasteiger partial charge is 0.475 e. The molecule has 2 aromatic carbocycles. The third-order valence-electron chi connectivity index (χ3n) is 6.22. The monoisotopic (exact) mass is 515 g/mol. The van der Waals surface area contributed by atoms with Gasteiger partial charge in [0.05, 0.1) is 10.6 Å². The summed E-state index contributed by atoms with van der Waals surface area (Å²) in [5, 5.41) is 13.3. The zero-order valence-corrected chi connectivity index (χ0v) is 19.8. The summed E-state index contributed by atoms with van der Waals surface area (Å²) in [6, 6.07) is 11.9. The number of imidazole rings is 1. The highest BCUT2D eigenvalue weighted by atomic mass is 35.5. The Labute approximate surface area is 209 Å². The van der Waals surface area contributed by atoms with E-state index in [2.05, 4.69) is 20.3 Å². The molecule has 36 heavy (non-hydrogen) atoms. The van der Waals surface area contributed by atoms with Crippen molar-refractivity contribution in [1.82, 2.24) is 19.5 Å². The van der Waals surface area contributed by atoms with Gasteiger partial charge in [-0.3, -0.25) is 0 Å². The average molecular weight is 516 g/mol. The van der Waals surface area contributed by atoms with Gasteiger partial charge in [-0.15, -0.1) is 0 Å². The van der Waals surface area contributed by atoms with E-state index in [0.717, 1.165) is 25.0 Å².